The number of ether oxygens (including phenoxy) is 1. The molecule has 1 spiro atoms. The second-order valence-electron chi connectivity index (χ2n) is 7.13. The molecule has 1 atom stereocenters. The Kier molecular flexibility index (Phi) is 3.64. The van der Waals surface area contributed by atoms with Crippen LogP contribution < -0.4 is 5.32 Å². The monoisotopic (exact) mass is 312 g/mol. The summed E-state index contributed by atoms with van der Waals surface area (Å²) in [5.41, 5.74) is 1.85. The molecule has 2 heterocycles. The highest BCUT2D eigenvalue weighted by Gasteiger charge is 2.41. The standard InChI is InChI=1S/C19H24N2O2/c1-21-10-7-14-5-6-15(11-17(14)21)18(22)20-16-12-19(23-13-16)8-3-2-4-9-19/h5-7,10-11,16H,2-4,8-9,12-13H2,1H3,(H,20,22)/t16-/m0/s1. The molecule has 23 heavy (non-hydrogen) atoms. The van der Waals surface area contributed by atoms with Gasteiger partial charge in [0.1, 0.15) is 0 Å². The van der Waals surface area contributed by atoms with Crippen molar-refractivity contribution in [2.45, 2.75) is 50.2 Å². The molecule has 2 aliphatic rings. The predicted molar refractivity (Wildman–Crippen MR) is 90.6 cm³/mol. The van der Waals surface area contributed by atoms with Crippen LogP contribution in [0.5, 0.6) is 0 Å². The average molecular weight is 312 g/mol. The summed E-state index contributed by atoms with van der Waals surface area (Å²) in [5, 5.41) is 4.33. The number of aryl methyl sites for hydroxylation is 1. The zero-order valence-corrected chi connectivity index (χ0v) is 13.7. The Balaban J connectivity index is 1.46. The Labute approximate surface area is 136 Å². The van der Waals surface area contributed by atoms with Gasteiger partial charge in [-0.3, -0.25) is 4.79 Å². The number of hydrogen-bond acceptors (Lipinski definition) is 2. The van der Waals surface area contributed by atoms with Gasteiger partial charge in [0, 0.05) is 24.3 Å². The molecule has 1 amide bonds. The van der Waals surface area contributed by atoms with Crippen molar-refractivity contribution in [2.24, 2.45) is 7.05 Å². The van der Waals surface area contributed by atoms with Gasteiger partial charge in [0.25, 0.3) is 5.91 Å². The van der Waals surface area contributed by atoms with Gasteiger partial charge in [-0.1, -0.05) is 25.3 Å². The number of hydrogen-bond donors (Lipinski definition) is 1. The summed E-state index contributed by atoms with van der Waals surface area (Å²) in [5.74, 6) is 0.00885. The molecule has 0 bridgehead atoms. The Hall–Kier alpha value is -1.81. The zero-order chi connectivity index (χ0) is 15.9. The predicted octanol–water partition coefficient (Wildman–Crippen LogP) is 3.40. The molecule has 0 unspecified atom stereocenters. The topological polar surface area (TPSA) is 43.3 Å². The van der Waals surface area contributed by atoms with Crippen molar-refractivity contribution in [1.82, 2.24) is 9.88 Å². The minimum Gasteiger partial charge on any atom is -0.373 e. The average Bonchev–Trinajstić information content (AvgIpc) is 3.12. The number of benzene rings is 1. The van der Waals surface area contributed by atoms with Crippen LogP contribution in [-0.4, -0.2) is 28.7 Å². The summed E-state index contributed by atoms with van der Waals surface area (Å²) in [6.45, 7) is 0.651. The molecule has 2 aromatic rings. The lowest BCUT2D eigenvalue weighted by Gasteiger charge is -2.32. The van der Waals surface area contributed by atoms with Crippen molar-refractivity contribution in [2.75, 3.05) is 6.61 Å². The second kappa shape index (κ2) is 5.68. The van der Waals surface area contributed by atoms with Gasteiger partial charge in [0.2, 0.25) is 0 Å². The van der Waals surface area contributed by atoms with Crippen LogP contribution in [0.3, 0.4) is 0 Å². The number of amides is 1. The molecule has 0 radical (unpaired) electrons. The molecule has 1 aromatic carbocycles. The van der Waals surface area contributed by atoms with Crippen LogP contribution in [0.15, 0.2) is 30.5 Å². The number of carbonyl (C=O) groups excluding carboxylic acids is 1. The molecule has 4 heteroatoms. The van der Waals surface area contributed by atoms with Crippen molar-refractivity contribution in [3.63, 3.8) is 0 Å². The van der Waals surface area contributed by atoms with Gasteiger partial charge in [0.15, 0.2) is 0 Å². The van der Waals surface area contributed by atoms with Crippen LogP contribution in [0, 0.1) is 0 Å². The van der Waals surface area contributed by atoms with Crippen molar-refractivity contribution in [3.05, 3.63) is 36.0 Å². The highest BCUT2D eigenvalue weighted by Crippen LogP contribution is 2.39. The molecule has 1 saturated heterocycles. The zero-order valence-electron chi connectivity index (χ0n) is 13.7. The first kappa shape index (κ1) is 14.8. The lowest BCUT2D eigenvalue weighted by atomic mass is 9.82. The fourth-order valence-electron chi connectivity index (χ4n) is 4.15. The molecular formula is C19H24N2O2. The molecule has 1 aliphatic carbocycles. The van der Waals surface area contributed by atoms with Crippen LogP contribution >= 0.6 is 0 Å². The third-order valence-corrected chi connectivity index (χ3v) is 5.46. The Bertz CT molecular complexity index is 728. The minimum absolute atomic E-state index is 0.00885. The molecule has 2 fully saturated rings. The molecular weight excluding hydrogens is 288 g/mol. The molecule has 1 aliphatic heterocycles. The number of nitrogens with zero attached hydrogens (tertiary/aromatic N) is 1. The van der Waals surface area contributed by atoms with E-state index in [2.05, 4.69) is 11.4 Å². The molecule has 4 nitrogen and oxygen atoms in total. The Morgan fingerprint density at radius 1 is 1.26 bits per heavy atom. The van der Waals surface area contributed by atoms with Crippen LogP contribution in [0.2, 0.25) is 0 Å². The van der Waals surface area contributed by atoms with Crippen LogP contribution in [0.4, 0.5) is 0 Å². The first-order valence-corrected chi connectivity index (χ1v) is 8.65. The van der Waals surface area contributed by atoms with E-state index in [4.69, 9.17) is 4.74 Å². The van der Waals surface area contributed by atoms with Crippen LogP contribution in [0.1, 0.15) is 48.9 Å². The van der Waals surface area contributed by atoms with Gasteiger partial charge in [-0.05, 0) is 42.8 Å². The first-order valence-electron chi connectivity index (χ1n) is 8.65. The number of rotatable bonds is 2. The van der Waals surface area contributed by atoms with Gasteiger partial charge in [-0.15, -0.1) is 0 Å². The highest BCUT2D eigenvalue weighted by molar-refractivity contribution is 5.98. The van der Waals surface area contributed by atoms with Crippen LogP contribution in [-0.2, 0) is 11.8 Å². The summed E-state index contributed by atoms with van der Waals surface area (Å²) in [6, 6.07) is 8.10. The second-order valence-corrected chi connectivity index (χ2v) is 7.13. The van der Waals surface area contributed by atoms with E-state index in [9.17, 15) is 4.79 Å². The molecule has 122 valence electrons. The summed E-state index contributed by atoms with van der Waals surface area (Å²) >= 11 is 0. The lowest BCUT2D eigenvalue weighted by molar-refractivity contribution is -0.0246. The van der Waals surface area contributed by atoms with Crippen molar-refractivity contribution in [3.8, 4) is 0 Å². The summed E-state index contributed by atoms with van der Waals surface area (Å²) in [7, 11) is 2.00. The van der Waals surface area contributed by atoms with Crippen molar-refractivity contribution >= 4 is 16.8 Å². The highest BCUT2D eigenvalue weighted by atomic mass is 16.5. The molecule has 1 aromatic heterocycles. The maximum atomic E-state index is 12.6. The normalized spacial score (nSPS) is 23.4. The van der Waals surface area contributed by atoms with E-state index in [0.717, 1.165) is 35.7 Å². The quantitative estimate of drug-likeness (QED) is 0.923. The number of aromatic nitrogens is 1. The summed E-state index contributed by atoms with van der Waals surface area (Å²) in [6.07, 6.45) is 9.10. The summed E-state index contributed by atoms with van der Waals surface area (Å²) in [4.78, 5) is 12.6. The molecule has 1 N–H and O–H groups in total. The van der Waals surface area contributed by atoms with E-state index in [-0.39, 0.29) is 17.6 Å². The van der Waals surface area contributed by atoms with E-state index in [0.29, 0.717) is 6.61 Å². The molecule has 1 saturated carbocycles. The van der Waals surface area contributed by atoms with E-state index >= 15 is 0 Å². The fourth-order valence-corrected chi connectivity index (χ4v) is 4.15. The SMILES string of the molecule is Cn1ccc2ccc(C(=O)N[C@@H]3COC4(CCCCC4)C3)cc21. The Morgan fingerprint density at radius 2 is 2.09 bits per heavy atom. The van der Waals surface area contributed by atoms with Crippen molar-refractivity contribution < 1.29 is 9.53 Å². The lowest BCUT2D eigenvalue weighted by Crippen LogP contribution is -2.37. The van der Waals surface area contributed by atoms with Gasteiger partial charge < -0.3 is 14.6 Å². The van der Waals surface area contributed by atoms with E-state index < -0.39 is 0 Å². The first-order chi connectivity index (χ1) is 11.2. The maximum absolute atomic E-state index is 12.6. The third-order valence-electron chi connectivity index (χ3n) is 5.46. The van der Waals surface area contributed by atoms with E-state index in [1.54, 1.807) is 0 Å². The van der Waals surface area contributed by atoms with E-state index in [1.807, 2.05) is 36.0 Å². The largest absolute Gasteiger partial charge is 0.373 e. The number of carbonyl (C=O) groups is 1. The van der Waals surface area contributed by atoms with Gasteiger partial charge >= 0.3 is 0 Å². The maximum Gasteiger partial charge on any atom is 0.251 e. The van der Waals surface area contributed by atoms with Gasteiger partial charge in [0.05, 0.1) is 18.2 Å². The smallest absolute Gasteiger partial charge is 0.251 e. The van der Waals surface area contributed by atoms with Crippen molar-refractivity contribution in [1.29, 1.82) is 0 Å². The molecule has 4 rings (SSSR count). The minimum atomic E-state index is 0.00885. The fraction of sp³-hybridized carbons (Fsp3) is 0.526. The van der Waals surface area contributed by atoms with Crippen LogP contribution in [0.25, 0.3) is 10.9 Å². The number of fused-ring (bicyclic) bond motifs is 1. The number of nitrogens with one attached hydrogen (secondary N) is 1. The van der Waals surface area contributed by atoms with Gasteiger partial charge in [-0.25, -0.2) is 0 Å². The Morgan fingerprint density at radius 3 is 2.91 bits per heavy atom. The van der Waals surface area contributed by atoms with E-state index in [1.165, 1.54) is 19.3 Å². The third kappa shape index (κ3) is 2.76. The van der Waals surface area contributed by atoms with Gasteiger partial charge in [-0.2, -0.15) is 0 Å². The summed E-state index contributed by atoms with van der Waals surface area (Å²) < 4.78 is 8.13.